The van der Waals surface area contributed by atoms with Crippen LogP contribution in [-0.4, -0.2) is 22.5 Å². The van der Waals surface area contributed by atoms with E-state index >= 15 is 0 Å². The molecule has 0 saturated heterocycles. The molecule has 0 aromatic carbocycles. The van der Waals surface area contributed by atoms with E-state index in [1.165, 1.54) is 17.1 Å². The highest BCUT2D eigenvalue weighted by molar-refractivity contribution is 4.71. The number of hydrogen-bond donors (Lipinski definition) is 0. The van der Waals surface area contributed by atoms with Gasteiger partial charge in [-0.25, -0.2) is 4.98 Å². The molecule has 67 valence electrons. The standard InChI is InChI=1S/C6H6F3N2O/c7-6(8,9)12-4-3-11-2-1-10-5-11/h2,5H,3-4H2. The average Bonchev–Trinajstić information content (AvgIpc) is 2.36. The van der Waals surface area contributed by atoms with Gasteiger partial charge in [-0.05, 0) is 0 Å². The van der Waals surface area contributed by atoms with Gasteiger partial charge in [0.15, 0.2) is 0 Å². The number of alkyl halides is 3. The third kappa shape index (κ3) is 3.38. The fourth-order valence-corrected chi connectivity index (χ4v) is 0.637. The van der Waals surface area contributed by atoms with Crippen LogP contribution in [0.3, 0.4) is 0 Å². The van der Waals surface area contributed by atoms with Crippen LogP contribution in [0.4, 0.5) is 13.2 Å². The van der Waals surface area contributed by atoms with Crippen molar-refractivity contribution in [2.45, 2.75) is 12.9 Å². The molecule has 0 atom stereocenters. The molecule has 0 amide bonds. The molecule has 1 aromatic rings. The summed E-state index contributed by atoms with van der Waals surface area (Å²) < 4.78 is 39.3. The highest BCUT2D eigenvalue weighted by Crippen LogP contribution is 2.15. The maximum absolute atomic E-state index is 11.4. The lowest BCUT2D eigenvalue weighted by Gasteiger charge is -2.06. The summed E-state index contributed by atoms with van der Waals surface area (Å²) in [5.41, 5.74) is 0. The molecule has 0 aliphatic heterocycles. The molecule has 1 radical (unpaired) electrons. The lowest BCUT2D eigenvalue weighted by Crippen LogP contribution is -2.16. The molecule has 1 heterocycles. The van der Waals surface area contributed by atoms with Gasteiger partial charge in [0.1, 0.15) is 6.20 Å². The Labute approximate surface area is 66.8 Å². The van der Waals surface area contributed by atoms with Crippen molar-refractivity contribution >= 4 is 0 Å². The highest BCUT2D eigenvalue weighted by Gasteiger charge is 2.28. The van der Waals surface area contributed by atoms with Gasteiger partial charge in [-0.2, -0.15) is 0 Å². The minimum atomic E-state index is -4.55. The van der Waals surface area contributed by atoms with Crippen LogP contribution in [0.25, 0.3) is 0 Å². The number of nitrogens with zero attached hydrogens (tertiary/aromatic N) is 2. The fraction of sp³-hybridized carbons (Fsp3) is 0.500. The molecule has 0 fully saturated rings. The Morgan fingerprint density at radius 2 is 2.25 bits per heavy atom. The Balaban J connectivity index is 2.20. The summed E-state index contributed by atoms with van der Waals surface area (Å²) in [4.78, 5) is 3.54. The Morgan fingerprint density at radius 3 is 2.75 bits per heavy atom. The lowest BCUT2D eigenvalue weighted by atomic mass is 10.7. The van der Waals surface area contributed by atoms with Gasteiger partial charge >= 0.3 is 6.36 Å². The molecule has 0 N–H and O–H groups in total. The SMILES string of the molecule is FC(F)(F)OCCn1c[c]nc1. The van der Waals surface area contributed by atoms with Gasteiger partial charge in [0, 0.05) is 12.7 Å². The first-order chi connectivity index (χ1) is 5.58. The van der Waals surface area contributed by atoms with Crippen LogP contribution in [0.15, 0.2) is 12.5 Å². The minimum absolute atomic E-state index is 0.121. The highest BCUT2D eigenvalue weighted by atomic mass is 19.4. The summed E-state index contributed by atoms with van der Waals surface area (Å²) in [6.45, 7) is -0.288. The van der Waals surface area contributed by atoms with E-state index in [9.17, 15) is 13.2 Å². The van der Waals surface area contributed by atoms with Gasteiger partial charge < -0.3 is 4.57 Å². The topological polar surface area (TPSA) is 27.1 Å². The molecule has 0 saturated carbocycles. The van der Waals surface area contributed by atoms with E-state index in [-0.39, 0.29) is 6.54 Å². The molecule has 0 spiro atoms. The number of ether oxygens (including phenoxy) is 1. The summed E-state index contributed by atoms with van der Waals surface area (Å²) in [7, 11) is 0. The molecule has 0 unspecified atom stereocenters. The van der Waals surface area contributed by atoms with E-state index in [4.69, 9.17) is 0 Å². The number of rotatable bonds is 3. The molecular weight excluding hydrogens is 173 g/mol. The molecular formula is C6H6F3N2O. The van der Waals surface area contributed by atoms with Crippen molar-refractivity contribution in [3.05, 3.63) is 18.7 Å². The largest absolute Gasteiger partial charge is 0.522 e. The minimum Gasteiger partial charge on any atom is -0.334 e. The number of hydrogen-bond acceptors (Lipinski definition) is 2. The third-order valence-corrected chi connectivity index (χ3v) is 1.12. The maximum atomic E-state index is 11.4. The zero-order valence-electron chi connectivity index (χ0n) is 6.01. The quantitative estimate of drug-likeness (QED) is 0.697. The molecule has 0 aliphatic carbocycles. The van der Waals surface area contributed by atoms with Crippen molar-refractivity contribution in [1.29, 1.82) is 0 Å². The first-order valence-corrected chi connectivity index (χ1v) is 3.16. The van der Waals surface area contributed by atoms with Crippen LogP contribution >= 0.6 is 0 Å². The van der Waals surface area contributed by atoms with E-state index in [0.717, 1.165) is 0 Å². The van der Waals surface area contributed by atoms with E-state index in [0.29, 0.717) is 0 Å². The monoisotopic (exact) mass is 179 g/mol. The fourth-order valence-electron chi connectivity index (χ4n) is 0.637. The van der Waals surface area contributed by atoms with Crippen LogP contribution in [0.2, 0.25) is 0 Å². The first kappa shape index (κ1) is 9.05. The van der Waals surface area contributed by atoms with Gasteiger partial charge in [0.25, 0.3) is 0 Å². The molecule has 1 aromatic heterocycles. The van der Waals surface area contributed by atoms with Crippen LogP contribution in [0.5, 0.6) is 0 Å². The van der Waals surface area contributed by atoms with Gasteiger partial charge in [-0.1, -0.05) is 0 Å². The molecule has 6 heteroatoms. The predicted molar refractivity (Wildman–Crippen MR) is 33.1 cm³/mol. The van der Waals surface area contributed by atoms with E-state index in [1.807, 2.05) is 0 Å². The van der Waals surface area contributed by atoms with Gasteiger partial charge in [-0.15, -0.1) is 13.2 Å². The van der Waals surface area contributed by atoms with Crippen molar-refractivity contribution < 1.29 is 17.9 Å². The van der Waals surface area contributed by atoms with Crippen LogP contribution < -0.4 is 0 Å². The van der Waals surface area contributed by atoms with Gasteiger partial charge in [0.05, 0.1) is 12.9 Å². The Bertz CT molecular complexity index is 219. The average molecular weight is 179 g/mol. The maximum Gasteiger partial charge on any atom is 0.522 e. The zero-order valence-corrected chi connectivity index (χ0v) is 6.01. The van der Waals surface area contributed by atoms with Crippen LogP contribution in [-0.2, 0) is 11.3 Å². The van der Waals surface area contributed by atoms with E-state index < -0.39 is 13.0 Å². The summed E-state index contributed by atoms with van der Waals surface area (Å²) in [5, 5.41) is 0. The normalized spacial score (nSPS) is 11.9. The van der Waals surface area contributed by atoms with Crippen LogP contribution in [0, 0.1) is 6.20 Å². The second-order valence-corrected chi connectivity index (χ2v) is 2.03. The van der Waals surface area contributed by atoms with Crippen molar-refractivity contribution in [2.75, 3.05) is 6.61 Å². The van der Waals surface area contributed by atoms with Crippen molar-refractivity contribution in [3.63, 3.8) is 0 Å². The number of halogens is 3. The summed E-state index contributed by atoms with van der Waals surface area (Å²) in [5.74, 6) is 0. The zero-order chi connectivity index (χ0) is 9.03. The Hall–Kier alpha value is -1.04. The van der Waals surface area contributed by atoms with Gasteiger partial charge in [0.2, 0.25) is 0 Å². The number of aromatic nitrogens is 2. The molecule has 0 bridgehead atoms. The molecule has 0 aliphatic rings. The van der Waals surface area contributed by atoms with Crippen molar-refractivity contribution in [3.8, 4) is 0 Å². The predicted octanol–water partition coefficient (Wildman–Crippen LogP) is 1.22. The first-order valence-electron chi connectivity index (χ1n) is 3.16. The van der Waals surface area contributed by atoms with Crippen molar-refractivity contribution in [2.24, 2.45) is 0 Å². The second-order valence-electron chi connectivity index (χ2n) is 2.03. The summed E-state index contributed by atoms with van der Waals surface area (Å²) >= 11 is 0. The lowest BCUT2D eigenvalue weighted by molar-refractivity contribution is -0.325. The Morgan fingerprint density at radius 1 is 1.50 bits per heavy atom. The van der Waals surface area contributed by atoms with Gasteiger partial charge in [-0.3, -0.25) is 4.74 Å². The summed E-state index contributed by atoms with van der Waals surface area (Å²) in [6, 6.07) is 0. The molecule has 1 rings (SSSR count). The Kier molecular flexibility index (Phi) is 2.69. The number of imidazole rings is 1. The van der Waals surface area contributed by atoms with Crippen LogP contribution in [0.1, 0.15) is 0 Å². The third-order valence-electron chi connectivity index (χ3n) is 1.12. The molecule has 12 heavy (non-hydrogen) atoms. The molecule has 3 nitrogen and oxygen atoms in total. The summed E-state index contributed by atoms with van der Waals surface area (Å²) in [6.07, 6.45) is 0.721. The van der Waals surface area contributed by atoms with E-state index in [1.54, 1.807) is 0 Å². The van der Waals surface area contributed by atoms with E-state index in [2.05, 4.69) is 15.9 Å². The van der Waals surface area contributed by atoms with Crippen molar-refractivity contribution in [1.82, 2.24) is 9.55 Å². The second kappa shape index (κ2) is 3.57. The smallest absolute Gasteiger partial charge is 0.334 e.